The summed E-state index contributed by atoms with van der Waals surface area (Å²) in [5.74, 6) is 0.388. The van der Waals surface area contributed by atoms with E-state index < -0.39 is 21.3 Å². The first-order valence-corrected chi connectivity index (χ1v) is 10.0. The number of hydrogen-bond donors (Lipinski definition) is 1. The number of sulfonamides is 1. The van der Waals surface area contributed by atoms with Crippen molar-refractivity contribution in [3.05, 3.63) is 54.1 Å². The molecule has 0 aromatic heterocycles. The van der Waals surface area contributed by atoms with Crippen LogP contribution in [0.15, 0.2) is 53.4 Å². The van der Waals surface area contributed by atoms with Crippen LogP contribution in [0, 0.1) is 0 Å². The van der Waals surface area contributed by atoms with E-state index in [2.05, 4.69) is 4.72 Å². The minimum atomic E-state index is -4.00. The average molecular weight is 373 g/mol. The molecule has 2 aromatic carbocycles. The van der Waals surface area contributed by atoms with E-state index in [1.807, 2.05) is 30.3 Å². The number of ether oxygens (including phenoxy) is 2. The maximum Gasteiger partial charge on any atom is 0.264 e. The van der Waals surface area contributed by atoms with Gasteiger partial charge in [-0.05, 0) is 30.5 Å². The van der Waals surface area contributed by atoms with Gasteiger partial charge in [0.1, 0.15) is 13.2 Å². The number of amides is 1. The maximum absolute atomic E-state index is 12.9. The molecular weight excluding hydrogens is 354 g/mol. The second kappa shape index (κ2) is 6.32. The lowest BCUT2D eigenvalue weighted by Gasteiger charge is -2.40. The summed E-state index contributed by atoms with van der Waals surface area (Å²) in [6, 6.07) is 13.7. The van der Waals surface area contributed by atoms with Crippen LogP contribution < -0.4 is 14.2 Å². The highest BCUT2D eigenvalue weighted by Crippen LogP contribution is 2.44. The van der Waals surface area contributed by atoms with Crippen molar-refractivity contribution in [3.8, 4) is 11.5 Å². The van der Waals surface area contributed by atoms with Crippen LogP contribution in [0.4, 0.5) is 0 Å². The number of carbonyl (C=O) groups is 1. The Morgan fingerprint density at radius 3 is 2.31 bits per heavy atom. The number of nitrogens with one attached hydrogen (secondary N) is 1. The van der Waals surface area contributed by atoms with Crippen molar-refractivity contribution in [2.24, 2.45) is 0 Å². The molecule has 1 amide bonds. The van der Waals surface area contributed by atoms with Gasteiger partial charge in [0.05, 0.1) is 10.3 Å². The van der Waals surface area contributed by atoms with E-state index in [-0.39, 0.29) is 4.90 Å². The molecule has 0 radical (unpaired) electrons. The van der Waals surface area contributed by atoms with Gasteiger partial charge in [0.25, 0.3) is 10.0 Å². The Morgan fingerprint density at radius 1 is 0.962 bits per heavy atom. The van der Waals surface area contributed by atoms with E-state index in [0.29, 0.717) is 37.6 Å². The van der Waals surface area contributed by atoms with Crippen molar-refractivity contribution >= 4 is 15.9 Å². The molecule has 1 fully saturated rings. The number of benzene rings is 2. The van der Waals surface area contributed by atoms with Gasteiger partial charge in [-0.2, -0.15) is 0 Å². The number of fused-ring (bicyclic) bond motifs is 1. The van der Waals surface area contributed by atoms with Gasteiger partial charge in [-0.15, -0.1) is 0 Å². The Labute approximate surface area is 152 Å². The van der Waals surface area contributed by atoms with E-state index in [1.165, 1.54) is 12.1 Å². The van der Waals surface area contributed by atoms with E-state index in [9.17, 15) is 13.2 Å². The lowest BCUT2D eigenvalue weighted by molar-refractivity contribution is -0.128. The van der Waals surface area contributed by atoms with Gasteiger partial charge in [-0.25, -0.2) is 13.1 Å². The standard InChI is InChI=1S/C19H19NO5S/c21-18(19(9-4-10-19)14-5-2-1-3-6-14)20-26(22,23)15-7-8-16-17(13-15)25-12-11-24-16/h1-3,5-8,13H,4,9-12H2,(H,20,21). The Bertz CT molecular complexity index is 936. The molecule has 2 aliphatic rings. The summed E-state index contributed by atoms with van der Waals surface area (Å²) in [4.78, 5) is 12.9. The van der Waals surface area contributed by atoms with Crippen molar-refractivity contribution in [2.75, 3.05) is 13.2 Å². The molecule has 26 heavy (non-hydrogen) atoms. The summed E-state index contributed by atoms with van der Waals surface area (Å²) in [5, 5.41) is 0. The third kappa shape index (κ3) is 2.82. The first kappa shape index (κ1) is 16.9. The molecule has 0 bridgehead atoms. The predicted octanol–water partition coefficient (Wildman–Crippen LogP) is 2.38. The smallest absolute Gasteiger partial charge is 0.264 e. The molecule has 1 aliphatic heterocycles. The first-order chi connectivity index (χ1) is 12.5. The van der Waals surface area contributed by atoms with Gasteiger partial charge in [0, 0.05) is 6.07 Å². The summed E-state index contributed by atoms with van der Waals surface area (Å²) in [5.41, 5.74) is 0.0726. The summed E-state index contributed by atoms with van der Waals surface area (Å²) < 4.78 is 38.5. The summed E-state index contributed by atoms with van der Waals surface area (Å²) >= 11 is 0. The highest BCUT2D eigenvalue weighted by Gasteiger charge is 2.46. The lowest BCUT2D eigenvalue weighted by atomic mass is 9.64. The van der Waals surface area contributed by atoms with Crippen LogP contribution >= 0.6 is 0 Å². The zero-order valence-electron chi connectivity index (χ0n) is 14.1. The Morgan fingerprint density at radius 2 is 1.65 bits per heavy atom. The third-order valence-electron chi connectivity index (χ3n) is 5.02. The molecule has 0 saturated heterocycles. The molecule has 6 nitrogen and oxygen atoms in total. The molecule has 1 heterocycles. The zero-order valence-corrected chi connectivity index (χ0v) is 14.9. The van der Waals surface area contributed by atoms with Gasteiger partial charge in [0.15, 0.2) is 11.5 Å². The number of rotatable bonds is 4. The van der Waals surface area contributed by atoms with Gasteiger partial charge in [0.2, 0.25) is 5.91 Å². The van der Waals surface area contributed by atoms with Crippen molar-refractivity contribution in [1.29, 1.82) is 0 Å². The quantitative estimate of drug-likeness (QED) is 0.890. The SMILES string of the molecule is O=C(NS(=O)(=O)c1ccc2c(c1)OCCO2)C1(c2ccccc2)CCC1. The molecule has 0 unspecified atom stereocenters. The topological polar surface area (TPSA) is 81.7 Å². The van der Waals surface area contributed by atoms with E-state index in [0.717, 1.165) is 12.0 Å². The van der Waals surface area contributed by atoms with Crippen LogP contribution in [0.25, 0.3) is 0 Å². The first-order valence-electron chi connectivity index (χ1n) is 8.54. The average Bonchev–Trinajstić information content (AvgIpc) is 2.61. The van der Waals surface area contributed by atoms with Crippen LogP contribution in [-0.2, 0) is 20.2 Å². The monoisotopic (exact) mass is 373 g/mol. The summed E-state index contributed by atoms with van der Waals surface area (Å²) in [6.07, 6.45) is 2.17. The van der Waals surface area contributed by atoms with Crippen LogP contribution in [-0.4, -0.2) is 27.5 Å². The molecular formula is C19H19NO5S. The Hall–Kier alpha value is -2.54. The largest absolute Gasteiger partial charge is 0.486 e. The Balaban J connectivity index is 1.60. The maximum atomic E-state index is 12.9. The van der Waals surface area contributed by atoms with Crippen LogP contribution in [0.2, 0.25) is 0 Å². The number of carbonyl (C=O) groups excluding carboxylic acids is 1. The van der Waals surface area contributed by atoms with Gasteiger partial charge < -0.3 is 9.47 Å². The third-order valence-corrected chi connectivity index (χ3v) is 6.35. The van der Waals surface area contributed by atoms with Gasteiger partial charge >= 0.3 is 0 Å². The van der Waals surface area contributed by atoms with Crippen LogP contribution in [0.5, 0.6) is 11.5 Å². The second-order valence-electron chi connectivity index (χ2n) is 6.54. The molecule has 7 heteroatoms. The van der Waals surface area contributed by atoms with E-state index in [1.54, 1.807) is 6.07 Å². The van der Waals surface area contributed by atoms with E-state index >= 15 is 0 Å². The summed E-state index contributed by atoms with van der Waals surface area (Å²) in [6.45, 7) is 0.787. The molecule has 4 rings (SSSR count). The van der Waals surface area contributed by atoms with Gasteiger partial charge in [-0.1, -0.05) is 36.8 Å². The fourth-order valence-corrected chi connectivity index (χ4v) is 4.47. The molecule has 1 aliphatic carbocycles. The molecule has 0 spiro atoms. The lowest BCUT2D eigenvalue weighted by Crippen LogP contribution is -2.50. The van der Waals surface area contributed by atoms with Crippen molar-refractivity contribution < 1.29 is 22.7 Å². The highest BCUT2D eigenvalue weighted by molar-refractivity contribution is 7.90. The normalized spacial score (nSPS) is 17.8. The molecule has 1 saturated carbocycles. The molecule has 136 valence electrons. The fraction of sp³-hybridized carbons (Fsp3) is 0.316. The van der Waals surface area contributed by atoms with Gasteiger partial charge in [-0.3, -0.25) is 4.79 Å². The molecule has 2 aromatic rings. The minimum Gasteiger partial charge on any atom is -0.486 e. The fourth-order valence-electron chi connectivity index (χ4n) is 3.40. The van der Waals surface area contributed by atoms with E-state index in [4.69, 9.17) is 9.47 Å². The molecule has 0 atom stereocenters. The van der Waals surface area contributed by atoms with Crippen molar-refractivity contribution in [2.45, 2.75) is 29.6 Å². The number of hydrogen-bond acceptors (Lipinski definition) is 5. The highest BCUT2D eigenvalue weighted by atomic mass is 32.2. The minimum absolute atomic E-state index is 0.0161. The van der Waals surface area contributed by atoms with Crippen LogP contribution in [0.3, 0.4) is 0 Å². The summed E-state index contributed by atoms with van der Waals surface area (Å²) in [7, 11) is -4.00. The second-order valence-corrected chi connectivity index (χ2v) is 8.22. The van der Waals surface area contributed by atoms with Crippen LogP contribution in [0.1, 0.15) is 24.8 Å². The Kier molecular flexibility index (Phi) is 4.11. The van der Waals surface area contributed by atoms with Crippen molar-refractivity contribution in [1.82, 2.24) is 4.72 Å². The predicted molar refractivity (Wildman–Crippen MR) is 94.7 cm³/mol. The molecule has 1 N–H and O–H groups in total. The van der Waals surface area contributed by atoms with Crippen molar-refractivity contribution in [3.63, 3.8) is 0 Å². The zero-order chi connectivity index (χ0) is 18.2.